The molecular weight excluding hydrogens is 549 g/mol. The third-order valence-corrected chi connectivity index (χ3v) is 7.59. The molecule has 1 fully saturated rings. The summed E-state index contributed by atoms with van der Waals surface area (Å²) in [6.07, 6.45) is -3.70. The maximum absolute atomic E-state index is 12.7. The van der Waals surface area contributed by atoms with Crippen molar-refractivity contribution in [1.29, 1.82) is 0 Å². The largest absolute Gasteiger partial charge is 0.393 e. The summed E-state index contributed by atoms with van der Waals surface area (Å²) in [5, 5.41) is 8.02. The molecule has 5 rings (SSSR count). The minimum atomic E-state index is -4.25. The van der Waals surface area contributed by atoms with Crippen LogP contribution in [0.2, 0.25) is 0 Å². The number of amides is 2. The topological polar surface area (TPSA) is 75.4 Å². The maximum Gasteiger partial charge on any atom is 0.393 e. The van der Waals surface area contributed by atoms with E-state index in [0.29, 0.717) is 23.2 Å². The van der Waals surface area contributed by atoms with E-state index in [1.54, 1.807) is 23.9 Å². The molecule has 1 aromatic heterocycles. The predicted octanol–water partition coefficient (Wildman–Crippen LogP) is 6.78. The number of benzene rings is 3. The first-order valence-electron chi connectivity index (χ1n) is 13.1. The van der Waals surface area contributed by atoms with Crippen molar-refractivity contribution in [3.05, 3.63) is 94.8 Å². The molecule has 1 saturated heterocycles. The molecule has 2 heterocycles. The number of thioether (sulfide) groups is 1. The van der Waals surface area contributed by atoms with Gasteiger partial charge < -0.3 is 10.2 Å². The van der Waals surface area contributed by atoms with E-state index in [1.807, 2.05) is 24.3 Å². The summed E-state index contributed by atoms with van der Waals surface area (Å²) in [4.78, 5) is 23.5. The van der Waals surface area contributed by atoms with Gasteiger partial charge in [-0.2, -0.15) is 18.2 Å². The Bertz CT molecular complexity index is 1560. The SMILES string of the molecule is Cc1cc(C)c(N2CCS/C2=N\C(=O)NCc2ccc(-c3ncn(-c4ccc(CC(F)(F)F)cc4)n3)cc2)c(C)c1. The van der Waals surface area contributed by atoms with Gasteiger partial charge >= 0.3 is 12.2 Å². The van der Waals surface area contributed by atoms with Crippen molar-refractivity contribution in [3.63, 3.8) is 0 Å². The number of anilines is 1. The van der Waals surface area contributed by atoms with Gasteiger partial charge in [0, 0.05) is 30.1 Å². The molecule has 212 valence electrons. The van der Waals surface area contributed by atoms with Crippen LogP contribution < -0.4 is 10.2 Å². The molecule has 41 heavy (non-hydrogen) atoms. The molecule has 0 unspecified atom stereocenters. The molecule has 0 spiro atoms. The first kappa shape index (κ1) is 28.4. The van der Waals surface area contributed by atoms with Crippen molar-refractivity contribution in [1.82, 2.24) is 20.1 Å². The normalized spacial score (nSPS) is 14.6. The van der Waals surface area contributed by atoms with Crippen molar-refractivity contribution in [3.8, 4) is 17.1 Å². The van der Waals surface area contributed by atoms with Gasteiger partial charge in [-0.3, -0.25) is 0 Å². The molecule has 7 nitrogen and oxygen atoms in total. The van der Waals surface area contributed by atoms with Crippen LogP contribution in [0.5, 0.6) is 0 Å². The molecule has 1 aliphatic rings. The number of rotatable bonds is 6. The predicted molar refractivity (Wildman–Crippen MR) is 157 cm³/mol. The molecule has 11 heteroatoms. The van der Waals surface area contributed by atoms with E-state index < -0.39 is 18.6 Å². The third kappa shape index (κ3) is 6.97. The number of aromatic nitrogens is 3. The lowest BCUT2D eigenvalue weighted by molar-refractivity contribution is -0.127. The van der Waals surface area contributed by atoms with Gasteiger partial charge in [0.25, 0.3) is 0 Å². The van der Waals surface area contributed by atoms with Crippen molar-refractivity contribution in [2.24, 2.45) is 4.99 Å². The minimum Gasteiger partial charge on any atom is -0.332 e. The van der Waals surface area contributed by atoms with Crippen LogP contribution in [0.1, 0.15) is 27.8 Å². The lowest BCUT2D eigenvalue weighted by Crippen LogP contribution is -2.28. The zero-order valence-electron chi connectivity index (χ0n) is 22.9. The first-order valence-corrected chi connectivity index (χ1v) is 14.1. The average Bonchev–Trinajstić information content (AvgIpc) is 3.57. The zero-order valence-corrected chi connectivity index (χ0v) is 23.7. The van der Waals surface area contributed by atoms with Crippen molar-refractivity contribution in [2.45, 2.75) is 39.9 Å². The Balaban J connectivity index is 1.20. The van der Waals surface area contributed by atoms with Crippen LogP contribution in [0, 0.1) is 20.8 Å². The molecule has 0 atom stereocenters. The third-order valence-electron chi connectivity index (χ3n) is 6.63. The highest BCUT2D eigenvalue weighted by Gasteiger charge is 2.27. The second-order valence-electron chi connectivity index (χ2n) is 9.97. The molecule has 4 aromatic rings. The van der Waals surface area contributed by atoms with Crippen LogP contribution in [0.4, 0.5) is 23.7 Å². The van der Waals surface area contributed by atoms with E-state index >= 15 is 0 Å². The van der Waals surface area contributed by atoms with Gasteiger partial charge in [0.2, 0.25) is 0 Å². The van der Waals surface area contributed by atoms with Crippen LogP contribution in [0.15, 0.2) is 72.0 Å². The van der Waals surface area contributed by atoms with Gasteiger partial charge in [0.1, 0.15) is 6.33 Å². The van der Waals surface area contributed by atoms with Gasteiger partial charge in [0.15, 0.2) is 11.0 Å². The molecule has 0 saturated carbocycles. The van der Waals surface area contributed by atoms with E-state index in [9.17, 15) is 18.0 Å². The number of aryl methyl sites for hydroxylation is 3. The standard InChI is InChI=1S/C30H29F3N6OS/c1-19-14-20(2)26(21(3)15-19)38-12-13-41-29(38)36-28(40)34-17-23-4-8-24(9-5-23)27-35-18-39(37-27)25-10-6-22(7-11-25)16-30(31,32)33/h4-11,14-15,18H,12-13,16-17H2,1-3H3,(H,34,40)/b36-29-. The van der Waals surface area contributed by atoms with Crippen molar-refractivity contribution < 1.29 is 18.0 Å². The van der Waals surface area contributed by atoms with Crippen LogP contribution in [0.3, 0.4) is 0 Å². The quantitative estimate of drug-likeness (QED) is 0.273. The van der Waals surface area contributed by atoms with Gasteiger partial charge in [-0.1, -0.05) is 65.9 Å². The summed E-state index contributed by atoms with van der Waals surface area (Å²) < 4.78 is 39.3. The average molecular weight is 579 g/mol. The lowest BCUT2D eigenvalue weighted by atomic mass is 10.0. The molecule has 0 radical (unpaired) electrons. The van der Waals surface area contributed by atoms with E-state index in [1.165, 1.54) is 28.7 Å². The van der Waals surface area contributed by atoms with Crippen LogP contribution in [-0.4, -0.2) is 44.4 Å². The smallest absolute Gasteiger partial charge is 0.332 e. The number of urea groups is 1. The maximum atomic E-state index is 12.7. The van der Waals surface area contributed by atoms with E-state index in [4.69, 9.17) is 0 Å². The van der Waals surface area contributed by atoms with E-state index in [-0.39, 0.29) is 5.56 Å². The van der Waals surface area contributed by atoms with Crippen molar-refractivity contribution in [2.75, 3.05) is 17.2 Å². The van der Waals surface area contributed by atoms with Gasteiger partial charge in [0.05, 0.1) is 12.1 Å². The Morgan fingerprint density at radius 2 is 1.66 bits per heavy atom. The highest BCUT2D eigenvalue weighted by atomic mass is 32.2. The molecule has 2 amide bonds. The molecular formula is C30H29F3N6OS. The summed E-state index contributed by atoms with van der Waals surface area (Å²) in [6.45, 7) is 7.36. The second-order valence-corrected chi connectivity index (χ2v) is 11.0. The second kappa shape index (κ2) is 11.8. The molecule has 1 N–H and O–H groups in total. The highest BCUT2D eigenvalue weighted by molar-refractivity contribution is 8.14. The summed E-state index contributed by atoms with van der Waals surface area (Å²) in [5.74, 6) is 1.35. The Morgan fingerprint density at radius 3 is 2.32 bits per heavy atom. The molecule has 1 aliphatic heterocycles. The minimum absolute atomic E-state index is 0.187. The Hall–Kier alpha value is -4.12. The van der Waals surface area contributed by atoms with Crippen LogP contribution in [-0.2, 0) is 13.0 Å². The van der Waals surface area contributed by atoms with Crippen molar-refractivity contribution >= 4 is 28.6 Å². The number of hydrogen-bond acceptors (Lipinski definition) is 4. The Morgan fingerprint density at radius 1 is 1.00 bits per heavy atom. The highest BCUT2D eigenvalue weighted by Crippen LogP contribution is 2.32. The number of carbonyl (C=O) groups excluding carboxylic acids is 1. The Labute approximate surface area is 240 Å². The van der Waals surface area contributed by atoms with Gasteiger partial charge in [-0.15, -0.1) is 5.10 Å². The summed E-state index contributed by atoms with van der Waals surface area (Å²) in [5.41, 5.74) is 7.11. The van der Waals surface area contributed by atoms with E-state index in [0.717, 1.165) is 40.2 Å². The van der Waals surface area contributed by atoms with E-state index in [2.05, 4.69) is 58.2 Å². The lowest BCUT2D eigenvalue weighted by Gasteiger charge is -2.23. The molecule has 3 aromatic carbocycles. The number of carbonyl (C=O) groups is 1. The monoisotopic (exact) mass is 578 g/mol. The fourth-order valence-electron chi connectivity index (χ4n) is 4.89. The Kier molecular flexibility index (Phi) is 8.16. The summed E-state index contributed by atoms with van der Waals surface area (Å²) in [6, 6.07) is 17.4. The van der Waals surface area contributed by atoms with Crippen LogP contribution >= 0.6 is 11.8 Å². The summed E-state index contributed by atoms with van der Waals surface area (Å²) >= 11 is 1.57. The number of alkyl halides is 3. The first-order chi connectivity index (χ1) is 19.6. The number of halogens is 3. The zero-order chi connectivity index (χ0) is 29.1. The van der Waals surface area contributed by atoms with Gasteiger partial charge in [-0.05, 0) is 55.2 Å². The molecule has 0 aliphatic carbocycles. The number of nitrogens with zero attached hydrogens (tertiary/aromatic N) is 5. The molecule has 0 bridgehead atoms. The fourth-order valence-corrected chi connectivity index (χ4v) is 5.84. The number of hydrogen-bond donors (Lipinski definition) is 1. The number of aliphatic imine (C=N–C) groups is 1. The number of amidine groups is 1. The number of nitrogens with one attached hydrogen (secondary N) is 1. The van der Waals surface area contributed by atoms with Crippen LogP contribution in [0.25, 0.3) is 17.1 Å². The summed E-state index contributed by atoms with van der Waals surface area (Å²) in [7, 11) is 0. The van der Waals surface area contributed by atoms with Gasteiger partial charge in [-0.25, -0.2) is 14.5 Å². The fraction of sp³-hybridized carbons (Fsp3) is 0.267.